The number of amides is 1. The van der Waals surface area contributed by atoms with Crippen LogP contribution in [0.1, 0.15) is 32.6 Å². The zero-order valence-corrected chi connectivity index (χ0v) is 21.5. The maximum atomic E-state index is 13.9. The third kappa shape index (κ3) is 5.09. The van der Waals surface area contributed by atoms with E-state index in [2.05, 4.69) is 10.5 Å². The number of anilines is 3. The highest BCUT2D eigenvalue weighted by Gasteiger charge is 2.39. The number of hydrogen-bond donors (Lipinski definition) is 3. The van der Waals surface area contributed by atoms with E-state index >= 15 is 0 Å². The molecule has 41 heavy (non-hydrogen) atoms. The number of benzene rings is 4. The van der Waals surface area contributed by atoms with Crippen molar-refractivity contribution in [3.63, 3.8) is 0 Å². The number of carboxylic acids is 1. The van der Waals surface area contributed by atoms with E-state index in [0.717, 1.165) is 40.3 Å². The van der Waals surface area contributed by atoms with Gasteiger partial charge in [-0.3, -0.25) is 15.1 Å². The minimum absolute atomic E-state index is 0.000796. The number of para-hydroxylation sites is 1. The lowest BCUT2D eigenvalue weighted by atomic mass is 10.0. The van der Waals surface area contributed by atoms with E-state index in [9.17, 15) is 37.4 Å². The van der Waals surface area contributed by atoms with Crippen LogP contribution in [0.15, 0.2) is 77.9 Å². The second-order valence-electron chi connectivity index (χ2n) is 9.49. The van der Waals surface area contributed by atoms with Gasteiger partial charge in [-0.15, -0.1) is 0 Å². The number of hydrogen-bond acceptors (Lipinski definition) is 5. The van der Waals surface area contributed by atoms with Gasteiger partial charge in [-0.1, -0.05) is 24.3 Å². The Morgan fingerprint density at radius 2 is 1.63 bits per heavy atom. The summed E-state index contributed by atoms with van der Waals surface area (Å²) < 4.78 is 54.6. The van der Waals surface area contributed by atoms with Gasteiger partial charge in [-0.25, -0.2) is 9.18 Å². The molecule has 4 aromatic rings. The van der Waals surface area contributed by atoms with E-state index < -0.39 is 35.0 Å². The fourth-order valence-electron chi connectivity index (χ4n) is 4.71. The summed E-state index contributed by atoms with van der Waals surface area (Å²) in [5.41, 5.74) is 3.40. The van der Waals surface area contributed by atoms with E-state index in [0.29, 0.717) is 5.69 Å². The average molecular weight is 564 g/mol. The van der Waals surface area contributed by atoms with Crippen molar-refractivity contribution < 1.29 is 37.4 Å². The number of carbonyl (C=O) groups excluding carboxylic acids is 1. The Bertz CT molecular complexity index is 1750. The molecule has 208 valence electrons. The normalized spacial score (nSPS) is 14.0. The van der Waals surface area contributed by atoms with Crippen LogP contribution in [0.5, 0.6) is 5.75 Å². The number of nitrogens with one attached hydrogen (secondary N) is 1. The van der Waals surface area contributed by atoms with E-state index in [-0.39, 0.29) is 39.5 Å². The first kappa shape index (κ1) is 27.4. The van der Waals surface area contributed by atoms with Crippen molar-refractivity contribution in [3.05, 3.63) is 106 Å². The summed E-state index contributed by atoms with van der Waals surface area (Å²) in [6, 6.07) is 15.9. The fraction of sp³-hybridized carbons (Fsp3) is 0.100. The molecule has 0 unspecified atom stereocenters. The fourth-order valence-corrected chi connectivity index (χ4v) is 4.71. The van der Waals surface area contributed by atoms with Gasteiger partial charge in [0.25, 0.3) is 5.91 Å². The molecule has 0 spiro atoms. The Morgan fingerprint density at radius 1 is 0.927 bits per heavy atom. The lowest BCUT2D eigenvalue weighted by Gasteiger charge is -2.19. The van der Waals surface area contributed by atoms with Crippen LogP contribution in [0.2, 0.25) is 0 Å². The minimum atomic E-state index is -4.64. The Kier molecular flexibility index (Phi) is 6.74. The topological polar surface area (TPSA) is 102 Å². The third-order valence-electron chi connectivity index (χ3n) is 6.52. The van der Waals surface area contributed by atoms with E-state index in [1.54, 1.807) is 26.0 Å². The van der Waals surface area contributed by atoms with E-state index in [1.165, 1.54) is 30.3 Å². The molecule has 0 saturated heterocycles. The van der Waals surface area contributed by atoms with Gasteiger partial charge < -0.3 is 10.2 Å². The predicted molar refractivity (Wildman–Crippen MR) is 145 cm³/mol. The van der Waals surface area contributed by atoms with Crippen LogP contribution in [0, 0.1) is 19.7 Å². The van der Waals surface area contributed by atoms with Gasteiger partial charge in [-0.05, 0) is 79.1 Å². The Labute approximate surface area is 231 Å². The van der Waals surface area contributed by atoms with Crippen molar-refractivity contribution in [2.45, 2.75) is 20.0 Å². The number of hydrazone groups is 1. The number of aromatic carboxylic acids is 1. The molecule has 1 amide bonds. The summed E-state index contributed by atoms with van der Waals surface area (Å²) in [5.74, 6) is -3.48. The highest BCUT2D eigenvalue weighted by atomic mass is 19.4. The number of nitrogens with zero attached hydrogens (tertiary/aromatic N) is 2. The van der Waals surface area contributed by atoms with Crippen molar-refractivity contribution in [3.8, 4) is 16.9 Å². The third-order valence-corrected chi connectivity index (χ3v) is 6.52. The van der Waals surface area contributed by atoms with Crippen molar-refractivity contribution in [1.82, 2.24) is 0 Å². The zero-order chi connectivity index (χ0) is 29.6. The Balaban J connectivity index is 1.57. The molecule has 0 atom stereocenters. The van der Waals surface area contributed by atoms with Crippen LogP contribution < -0.4 is 10.3 Å². The molecule has 0 fully saturated rings. The summed E-state index contributed by atoms with van der Waals surface area (Å²) in [6.07, 6.45) is -4.64. The molecule has 11 heteroatoms. The Morgan fingerprint density at radius 3 is 2.29 bits per heavy atom. The molecule has 7 nitrogen and oxygen atoms in total. The van der Waals surface area contributed by atoms with Crippen LogP contribution in [0.25, 0.3) is 11.1 Å². The maximum Gasteiger partial charge on any atom is 0.416 e. The number of aryl methyl sites for hydroxylation is 2. The highest BCUT2D eigenvalue weighted by Crippen LogP contribution is 2.41. The SMILES string of the molecule is Cc1cc(C)cc(N2C(=O)/C(=N\Nc3cccc(-c4ccc(F)c(C(=O)O)c4)c3O)c3ccc(C(F)(F)F)cc32)c1. The number of carbonyl (C=O) groups is 2. The lowest BCUT2D eigenvalue weighted by Crippen LogP contribution is -2.26. The number of phenolic OH excluding ortho intramolecular Hbond substituents is 1. The van der Waals surface area contributed by atoms with Gasteiger partial charge in [0.05, 0.1) is 22.5 Å². The average Bonchev–Trinajstić information content (AvgIpc) is 3.17. The number of fused-ring (bicyclic) bond motifs is 1. The molecule has 0 aliphatic carbocycles. The number of alkyl halides is 3. The molecule has 1 heterocycles. The molecule has 3 N–H and O–H groups in total. The van der Waals surface area contributed by atoms with Crippen molar-refractivity contribution in [2.24, 2.45) is 5.10 Å². The lowest BCUT2D eigenvalue weighted by molar-refractivity contribution is -0.137. The standard InChI is InChI=1S/C30H21F4N3O4/c1-15-10-16(2)12-19(11-15)37-25-14-18(30(32,33)34)7-8-21(25)26(28(37)39)36-35-24-5-3-4-20(27(24)38)17-6-9-23(31)22(13-17)29(40)41/h3-14,35,38H,1-2H3,(H,40,41)/b36-26-. The number of phenols is 1. The van der Waals surface area contributed by atoms with Gasteiger partial charge in [-0.2, -0.15) is 18.3 Å². The largest absolute Gasteiger partial charge is 0.505 e. The highest BCUT2D eigenvalue weighted by molar-refractivity contribution is 6.55. The maximum absolute atomic E-state index is 13.9. The molecule has 4 aromatic carbocycles. The van der Waals surface area contributed by atoms with Crippen LogP contribution in [0.3, 0.4) is 0 Å². The van der Waals surface area contributed by atoms with Crippen LogP contribution in [0.4, 0.5) is 34.6 Å². The molecule has 1 aliphatic rings. The molecular formula is C30H21F4N3O4. The van der Waals surface area contributed by atoms with Crippen molar-refractivity contribution >= 4 is 34.7 Å². The number of aromatic hydroxyl groups is 1. The molecular weight excluding hydrogens is 542 g/mol. The summed E-state index contributed by atoms with van der Waals surface area (Å²) in [4.78, 5) is 26.1. The molecule has 0 aromatic heterocycles. The second-order valence-corrected chi connectivity index (χ2v) is 9.49. The molecule has 0 saturated carbocycles. The first-order chi connectivity index (χ1) is 19.3. The summed E-state index contributed by atoms with van der Waals surface area (Å²) in [5, 5.41) is 24.3. The van der Waals surface area contributed by atoms with Gasteiger partial charge in [0.2, 0.25) is 0 Å². The van der Waals surface area contributed by atoms with Crippen molar-refractivity contribution in [1.29, 1.82) is 0 Å². The zero-order valence-electron chi connectivity index (χ0n) is 21.5. The molecule has 0 radical (unpaired) electrons. The monoisotopic (exact) mass is 563 g/mol. The molecule has 1 aliphatic heterocycles. The first-order valence-electron chi connectivity index (χ1n) is 12.2. The van der Waals surface area contributed by atoms with Gasteiger partial charge >= 0.3 is 12.1 Å². The number of rotatable bonds is 5. The van der Waals surface area contributed by atoms with E-state index in [1.807, 2.05) is 6.07 Å². The van der Waals surface area contributed by atoms with Crippen molar-refractivity contribution in [2.75, 3.05) is 10.3 Å². The van der Waals surface area contributed by atoms with Crippen LogP contribution in [-0.2, 0) is 11.0 Å². The van der Waals surface area contributed by atoms with Crippen LogP contribution >= 0.6 is 0 Å². The van der Waals surface area contributed by atoms with Gasteiger partial charge in [0.15, 0.2) is 5.71 Å². The smallest absolute Gasteiger partial charge is 0.416 e. The predicted octanol–water partition coefficient (Wildman–Crippen LogP) is 7.03. The van der Waals surface area contributed by atoms with Gasteiger partial charge in [0, 0.05) is 16.8 Å². The Hall–Kier alpha value is -5.19. The summed E-state index contributed by atoms with van der Waals surface area (Å²) in [7, 11) is 0. The molecule has 5 rings (SSSR count). The van der Waals surface area contributed by atoms with E-state index in [4.69, 9.17) is 0 Å². The number of halogens is 4. The minimum Gasteiger partial charge on any atom is -0.505 e. The van der Waals surface area contributed by atoms with Gasteiger partial charge in [0.1, 0.15) is 11.6 Å². The first-order valence-corrected chi connectivity index (χ1v) is 12.2. The van der Waals surface area contributed by atoms with Crippen LogP contribution in [-0.4, -0.2) is 27.8 Å². The quantitative estimate of drug-likeness (QED) is 0.138. The summed E-state index contributed by atoms with van der Waals surface area (Å²) >= 11 is 0. The molecule has 0 bridgehead atoms. The summed E-state index contributed by atoms with van der Waals surface area (Å²) in [6.45, 7) is 3.61. The second kappa shape index (κ2) is 10.1. The number of carboxylic acid groups (broad SMARTS) is 1.